The molecule has 12 heavy (non-hydrogen) atoms. The third-order valence-corrected chi connectivity index (χ3v) is 2.49. The Kier molecular flexibility index (Phi) is 2.42. The van der Waals surface area contributed by atoms with Gasteiger partial charge in [-0.25, -0.2) is 0 Å². The molecule has 0 N–H and O–H groups in total. The maximum Gasteiger partial charge on any atom is 0.306 e. The van der Waals surface area contributed by atoms with Crippen molar-refractivity contribution in [2.24, 2.45) is 5.92 Å². The maximum absolute atomic E-state index is 11.0. The Morgan fingerprint density at radius 2 is 2.25 bits per heavy atom. The molecule has 2 unspecified atom stereocenters. The van der Waals surface area contributed by atoms with Crippen LogP contribution in [0.1, 0.15) is 20.3 Å². The number of cyclic esters (lactones) is 1. The molecule has 0 amide bonds. The monoisotopic (exact) mass is 171 g/mol. The van der Waals surface area contributed by atoms with E-state index in [1.807, 2.05) is 21.0 Å². The molecule has 0 aromatic heterocycles. The Labute approximate surface area is 73.7 Å². The second kappa shape index (κ2) is 3.05. The van der Waals surface area contributed by atoms with Crippen LogP contribution in [0.5, 0.6) is 0 Å². The summed E-state index contributed by atoms with van der Waals surface area (Å²) in [6.45, 7) is 4.87. The summed E-state index contributed by atoms with van der Waals surface area (Å²) < 4.78 is 5.29. The number of hydrogen-bond donors (Lipinski definition) is 0. The number of esters is 1. The topological polar surface area (TPSA) is 29.5 Å². The van der Waals surface area contributed by atoms with Crippen LogP contribution in [0.3, 0.4) is 0 Å². The number of carbonyl (C=O) groups excluding carboxylic acids is 1. The van der Waals surface area contributed by atoms with Crippen molar-refractivity contribution in [3.8, 4) is 0 Å². The lowest BCUT2D eigenvalue weighted by molar-refractivity contribution is -0.148. The number of hydrogen-bond acceptors (Lipinski definition) is 3. The van der Waals surface area contributed by atoms with Gasteiger partial charge in [-0.3, -0.25) is 4.79 Å². The Hall–Kier alpha value is -0.570. The first-order valence-electron chi connectivity index (χ1n) is 4.30. The average molecular weight is 171 g/mol. The van der Waals surface area contributed by atoms with Crippen molar-refractivity contribution in [2.75, 3.05) is 20.6 Å². The van der Waals surface area contributed by atoms with Gasteiger partial charge in [0.1, 0.15) is 5.60 Å². The van der Waals surface area contributed by atoms with Crippen LogP contribution in [0.4, 0.5) is 0 Å². The van der Waals surface area contributed by atoms with Gasteiger partial charge < -0.3 is 9.64 Å². The van der Waals surface area contributed by atoms with Crippen molar-refractivity contribution in [3.63, 3.8) is 0 Å². The van der Waals surface area contributed by atoms with Crippen molar-refractivity contribution < 1.29 is 9.53 Å². The van der Waals surface area contributed by atoms with Crippen LogP contribution < -0.4 is 0 Å². The second-order valence-electron chi connectivity index (χ2n) is 4.13. The third-order valence-electron chi connectivity index (χ3n) is 2.49. The predicted molar refractivity (Wildman–Crippen MR) is 46.8 cm³/mol. The van der Waals surface area contributed by atoms with Gasteiger partial charge in [-0.05, 0) is 21.0 Å². The van der Waals surface area contributed by atoms with Gasteiger partial charge in [-0.15, -0.1) is 0 Å². The smallest absolute Gasteiger partial charge is 0.306 e. The third kappa shape index (κ3) is 1.78. The molecule has 1 saturated heterocycles. The molecule has 0 aromatic carbocycles. The number of ether oxygens (including phenoxy) is 1. The fourth-order valence-electron chi connectivity index (χ4n) is 1.68. The summed E-state index contributed by atoms with van der Waals surface area (Å²) in [6.07, 6.45) is 0.560. The van der Waals surface area contributed by atoms with Gasteiger partial charge in [0.05, 0.1) is 6.42 Å². The molecule has 0 saturated carbocycles. The standard InChI is InChI=1S/C9H17NO2/c1-7-5-8(11)12-9(7,2)6-10(3)4/h7H,5-6H2,1-4H3. The van der Waals surface area contributed by atoms with E-state index in [0.29, 0.717) is 12.3 Å². The van der Waals surface area contributed by atoms with Crippen LogP contribution in [0.2, 0.25) is 0 Å². The highest BCUT2D eigenvalue weighted by molar-refractivity contribution is 5.72. The van der Waals surface area contributed by atoms with E-state index in [4.69, 9.17) is 4.74 Å². The van der Waals surface area contributed by atoms with Crippen LogP contribution in [0.15, 0.2) is 0 Å². The van der Waals surface area contributed by atoms with E-state index >= 15 is 0 Å². The van der Waals surface area contributed by atoms with Gasteiger partial charge in [-0.2, -0.15) is 0 Å². The zero-order valence-electron chi connectivity index (χ0n) is 8.26. The Morgan fingerprint density at radius 1 is 1.67 bits per heavy atom. The fraction of sp³-hybridized carbons (Fsp3) is 0.889. The maximum atomic E-state index is 11.0. The highest BCUT2D eigenvalue weighted by Crippen LogP contribution is 2.32. The molecule has 70 valence electrons. The summed E-state index contributed by atoms with van der Waals surface area (Å²) in [5, 5.41) is 0. The lowest BCUT2D eigenvalue weighted by atomic mass is 9.90. The van der Waals surface area contributed by atoms with Gasteiger partial charge in [0.15, 0.2) is 0 Å². The number of likely N-dealkylation sites (N-methyl/N-ethyl adjacent to an activating group) is 1. The van der Waals surface area contributed by atoms with E-state index in [0.717, 1.165) is 6.54 Å². The molecular formula is C9H17NO2. The number of rotatable bonds is 2. The summed E-state index contributed by atoms with van der Waals surface area (Å²) >= 11 is 0. The highest BCUT2D eigenvalue weighted by atomic mass is 16.6. The molecule has 1 fully saturated rings. The molecule has 1 rings (SSSR count). The second-order valence-corrected chi connectivity index (χ2v) is 4.13. The molecule has 0 radical (unpaired) electrons. The lowest BCUT2D eigenvalue weighted by Crippen LogP contribution is -2.41. The van der Waals surface area contributed by atoms with Crippen LogP contribution in [0, 0.1) is 5.92 Å². The average Bonchev–Trinajstić information content (AvgIpc) is 2.04. The first kappa shape index (κ1) is 9.52. The number of nitrogens with zero attached hydrogens (tertiary/aromatic N) is 1. The largest absolute Gasteiger partial charge is 0.458 e. The summed E-state index contributed by atoms with van der Waals surface area (Å²) in [5.41, 5.74) is -0.277. The van der Waals surface area contributed by atoms with E-state index in [1.165, 1.54) is 0 Å². The predicted octanol–water partition coefficient (Wildman–Crippen LogP) is 0.890. The number of carbonyl (C=O) groups is 1. The molecule has 1 aliphatic heterocycles. The van der Waals surface area contributed by atoms with Crippen molar-refractivity contribution in [1.82, 2.24) is 4.90 Å². The molecular weight excluding hydrogens is 154 g/mol. The normalized spacial score (nSPS) is 35.8. The Morgan fingerprint density at radius 3 is 2.58 bits per heavy atom. The molecule has 2 atom stereocenters. The first-order valence-corrected chi connectivity index (χ1v) is 4.30. The first-order chi connectivity index (χ1) is 5.44. The SMILES string of the molecule is CC1CC(=O)OC1(C)CN(C)C. The zero-order valence-corrected chi connectivity index (χ0v) is 8.26. The molecule has 1 heterocycles. The molecule has 3 nitrogen and oxygen atoms in total. The van der Waals surface area contributed by atoms with Crippen LogP contribution in [-0.4, -0.2) is 37.1 Å². The van der Waals surface area contributed by atoms with Crippen LogP contribution in [-0.2, 0) is 9.53 Å². The zero-order chi connectivity index (χ0) is 9.35. The van der Waals surface area contributed by atoms with Gasteiger partial charge >= 0.3 is 5.97 Å². The Balaban J connectivity index is 2.64. The van der Waals surface area contributed by atoms with E-state index in [1.54, 1.807) is 0 Å². The highest BCUT2D eigenvalue weighted by Gasteiger charge is 2.42. The van der Waals surface area contributed by atoms with E-state index < -0.39 is 0 Å². The van der Waals surface area contributed by atoms with Crippen LogP contribution >= 0.6 is 0 Å². The van der Waals surface area contributed by atoms with Gasteiger partial charge in [0.2, 0.25) is 0 Å². The molecule has 0 aromatic rings. The molecule has 0 aliphatic carbocycles. The molecule has 0 bridgehead atoms. The lowest BCUT2D eigenvalue weighted by Gasteiger charge is -2.30. The summed E-state index contributed by atoms with van der Waals surface area (Å²) in [7, 11) is 3.98. The summed E-state index contributed by atoms with van der Waals surface area (Å²) in [4.78, 5) is 13.1. The molecule has 0 spiro atoms. The van der Waals surface area contributed by atoms with E-state index in [-0.39, 0.29) is 11.6 Å². The van der Waals surface area contributed by atoms with Crippen molar-refractivity contribution in [2.45, 2.75) is 25.9 Å². The quantitative estimate of drug-likeness (QED) is 0.578. The van der Waals surface area contributed by atoms with Crippen LogP contribution in [0.25, 0.3) is 0 Å². The molecule has 1 aliphatic rings. The van der Waals surface area contributed by atoms with Crippen molar-refractivity contribution in [1.29, 1.82) is 0 Å². The summed E-state index contributed by atoms with van der Waals surface area (Å²) in [5.74, 6) is 0.263. The fourth-order valence-corrected chi connectivity index (χ4v) is 1.68. The molecule has 3 heteroatoms. The van der Waals surface area contributed by atoms with Crippen molar-refractivity contribution in [3.05, 3.63) is 0 Å². The van der Waals surface area contributed by atoms with E-state index in [9.17, 15) is 4.79 Å². The van der Waals surface area contributed by atoms with Gasteiger partial charge in [0.25, 0.3) is 0 Å². The van der Waals surface area contributed by atoms with Gasteiger partial charge in [-0.1, -0.05) is 6.92 Å². The van der Waals surface area contributed by atoms with E-state index in [2.05, 4.69) is 11.8 Å². The summed E-state index contributed by atoms with van der Waals surface area (Å²) in [6, 6.07) is 0. The van der Waals surface area contributed by atoms with Gasteiger partial charge in [0, 0.05) is 12.5 Å². The Bertz CT molecular complexity index is 191. The minimum atomic E-state index is -0.277. The van der Waals surface area contributed by atoms with Crippen molar-refractivity contribution >= 4 is 5.97 Å². The minimum Gasteiger partial charge on any atom is -0.458 e. The minimum absolute atomic E-state index is 0.0631.